The van der Waals surface area contributed by atoms with Crippen LogP contribution in [0.4, 0.5) is 0 Å². The summed E-state index contributed by atoms with van der Waals surface area (Å²) in [5.74, 6) is 0.818. The van der Waals surface area contributed by atoms with E-state index in [0.717, 1.165) is 22.5 Å². The first kappa shape index (κ1) is 12.7. The van der Waals surface area contributed by atoms with E-state index < -0.39 is 0 Å². The molecule has 0 saturated carbocycles. The summed E-state index contributed by atoms with van der Waals surface area (Å²) in [6.07, 6.45) is 0. The molecular formula is C14H11IN2OS. The standard InChI is InChI=1S/C14H11IN2OS/c1-18-11-5-6-13-12(8-11)16-14(19)17(13)10-4-2-3-9(15)7-10/h2-8H,1H3,(H,16,19). The Balaban J connectivity index is 2.29. The highest BCUT2D eigenvalue weighted by molar-refractivity contribution is 14.1. The van der Waals surface area contributed by atoms with E-state index in [0.29, 0.717) is 4.77 Å². The van der Waals surface area contributed by atoms with Gasteiger partial charge >= 0.3 is 0 Å². The number of methoxy groups -OCH3 is 1. The summed E-state index contributed by atoms with van der Waals surface area (Å²) in [4.78, 5) is 3.22. The molecule has 0 radical (unpaired) electrons. The van der Waals surface area contributed by atoms with E-state index in [1.165, 1.54) is 3.57 Å². The molecule has 0 aliphatic rings. The second-order valence-corrected chi connectivity index (χ2v) is 5.76. The number of aromatic nitrogens is 2. The quantitative estimate of drug-likeness (QED) is 0.529. The monoisotopic (exact) mass is 382 g/mol. The highest BCUT2D eigenvalue weighted by Gasteiger charge is 2.07. The number of benzene rings is 2. The van der Waals surface area contributed by atoms with Crippen molar-refractivity contribution in [2.24, 2.45) is 0 Å². The average molecular weight is 382 g/mol. The van der Waals surface area contributed by atoms with Gasteiger partial charge in [0.05, 0.1) is 18.1 Å². The highest BCUT2D eigenvalue weighted by atomic mass is 127. The Morgan fingerprint density at radius 1 is 1.21 bits per heavy atom. The minimum atomic E-state index is 0.685. The number of aromatic amines is 1. The van der Waals surface area contributed by atoms with Gasteiger partial charge in [0.1, 0.15) is 5.75 Å². The molecule has 1 N–H and O–H groups in total. The van der Waals surface area contributed by atoms with E-state index in [2.05, 4.69) is 45.8 Å². The Bertz CT molecular complexity index is 807. The van der Waals surface area contributed by atoms with Gasteiger partial charge in [0, 0.05) is 15.3 Å². The van der Waals surface area contributed by atoms with E-state index >= 15 is 0 Å². The molecule has 0 bridgehead atoms. The summed E-state index contributed by atoms with van der Waals surface area (Å²) in [6, 6.07) is 14.2. The minimum Gasteiger partial charge on any atom is -0.497 e. The van der Waals surface area contributed by atoms with Crippen LogP contribution in [-0.4, -0.2) is 16.7 Å². The number of hydrogen-bond acceptors (Lipinski definition) is 2. The third-order valence-corrected chi connectivity index (χ3v) is 3.91. The number of rotatable bonds is 2. The zero-order valence-electron chi connectivity index (χ0n) is 10.2. The summed E-state index contributed by atoms with van der Waals surface area (Å²) in [5.41, 5.74) is 3.09. The molecule has 19 heavy (non-hydrogen) atoms. The van der Waals surface area contributed by atoms with Crippen molar-refractivity contribution in [3.05, 3.63) is 50.8 Å². The Kier molecular flexibility index (Phi) is 3.32. The van der Waals surface area contributed by atoms with Gasteiger partial charge in [0.15, 0.2) is 4.77 Å². The van der Waals surface area contributed by atoms with Gasteiger partial charge in [-0.15, -0.1) is 0 Å². The van der Waals surface area contributed by atoms with Crippen LogP contribution in [0.5, 0.6) is 5.75 Å². The largest absolute Gasteiger partial charge is 0.497 e. The molecule has 0 amide bonds. The van der Waals surface area contributed by atoms with Crippen molar-refractivity contribution in [2.45, 2.75) is 0 Å². The van der Waals surface area contributed by atoms with Crippen molar-refractivity contribution in [3.8, 4) is 11.4 Å². The van der Waals surface area contributed by atoms with Gasteiger partial charge in [-0.2, -0.15) is 0 Å². The van der Waals surface area contributed by atoms with Crippen LogP contribution >= 0.6 is 34.8 Å². The molecule has 3 rings (SSSR count). The minimum absolute atomic E-state index is 0.685. The Hall–Kier alpha value is -1.34. The van der Waals surface area contributed by atoms with Crippen molar-refractivity contribution in [2.75, 3.05) is 7.11 Å². The van der Waals surface area contributed by atoms with Crippen molar-refractivity contribution in [1.82, 2.24) is 9.55 Å². The zero-order chi connectivity index (χ0) is 13.4. The lowest BCUT2D eigenvalue weighted by Crippen LogP contribution is -1.94. The molecule has 2 aromatic carbocycles. The molecule has 0 aliphatic carbocycles. The topological polar surface area (TPSA) is 29.9 Å². The van der Waals surface area contributed by atoms with Crippen molar-refractivity contribution in [1.29, 1.82) is 0 Å². The van der Waals surface area contributed by atoms with Gasteiger partial charge in [-0.3, -0.25) is 4.57 Å². The SMILES string of the molecule is COc1ccc2c(c1)[nH]c(=S)n2-c1cccc(I)c1. The van der Waals surface area contributed by atoms with Gasteiger partial charge in [0.25, 0.3) is 0 Å². The summed E-state index contributed by atoms with van der Waals surface area (Å²) >= 11 is 7.72. The van der Waals surface area contributed by atoms with Crippen molar-refractivity contribution < 1.29 is 4.74 Å². The number of nitrogens with one attached hydrogen (secondary N) is 1. The van der Waals surface area contributed by atoms with E-state index in [1.807, 2.05) is 28.8 Å². The first-order valence-electron chi connectivity index (χ1n) is 5.74. The maximum atomic E-state index is 5.42. The second kappa shape index (κ2) is 4.97. The molecule has 3 aromatic rings. The fourth-order valence-electron chi connectivity index (χ4n) is 2.09. The first-order valence-corrected chi connectivity index (χ1v) is 7.22. The number of nitrogens with zero attached hydrogens (tertiary/aromatic N) is 1. The van der Waals surface area contributed by atoms with Crippen LogP contribution in [0.1, 0.15) is 0 Å². The maximum Gasteiger partial charge on any atom is 0.182 e. The van der Waals surface area contributed by atoms with Crippen LogP contribution in [-0.2, 0) is 0 Å². The highest BCUT2D eigenvalue weighted by Crippen LogP contribution is 2.24. The molecule has 96 valence electrons. The molecule has 0 saturated heterocycles. The Morgan fingerprint density at radius 2 is 2.05 bits per heavy atom. The molecular weight excluding hydrogens is 371 g/mol. The number of hydrogen-bond donors (Lipinski definition) is 1. The number of ether oxygens (including phenoxy) is 1. The van der Waals surface area contributed by atoms with Gasteiger partial charge in [-0.1, -0.05) is 6.07 Å². The normalized spacial score (nSPS) is 10.8. The third-order valence-electron chi connectivity index (χ3n) is 2.96. The lowest BCUT2D eigenvalue weighted by Gasteiger charge is -2.05. The van der Waals surface area contributed by atoms with E-state index in [1.54, 1.807) is 7.11 Å². The van der Waals surface area contributed by atoms with E-state index in [-0.39, 0.29) is 0 Å². The van der Waals surface area contributed by atoms with Gasteiger partial charge in [-0.25, -0.2) is 0 Å². The first-order chi connectivity index (χ1) is 9.19. The van der Waals surface area contributed by atoms with Crippen LogP contribution in [0.2, 0.25) is 0 Å². The van der Waals surface area contributed by atoms with Crippen molar-refractivity contribution in [3.63, 3.8) is 0 Å². The molecule has 1 aromatic heterocycles. The van der Waals surface area contributed by atoms with Crippen LogP contribution in [0, 0.1) is 8.34 Å². The third kappa shape index (κ3) is 2.28. The summed E-state index contributed by atoms with van der Waals surface area (Å²) < 4.78 is 9.13. The van der Waals surface area contributed by atoms with Crippen LogP contribution in [0.25, 0.3) is 16.7 Å². The average Bonchev–Trinajstić information content (AvgIpc) is 2.73. The predicted octanol–water partition coefficient (Wildman–Crippen LogP) is 4.30. The van der Waals surface area contributed by atoms with Crippen LogP contribution in [0.15, 0.2) is 42.5 Å². The van der Waals surface area contributed by atoms with Gasteiger partial charge in [-0.05, 0) is 65.1 Å². The molecule has 0 fully saturated rings. The van der Waals surface area contributed by atoms with Crippen LogP contribution in [0.3, 0.4) is 0 Å². The molecule has 3 nitrogen and oxygen atoms in total. The molecule has 0 aliphatic heterocycles. The smallest absolute Gasteiger partial charge is 0.182 e. The van der Waals surface area contributed by atoms with E-state index in [4.69, 9.17) is 17.0 Å². The fraction of sp³-hybridized carbons (Fsp3) is 0.0714. The number of H-pyrrole nitrogens is 1. The van der Waals surface area contributed by atoms with Crippen molar-refractivity contribution >= 4 is 45.8 Å². The molecule has 5 heteroatoms. The second-order valence-electron chi connectivity index (χ2n) is 4.13. The van der Waals surface area contributed by atoms with Crippen LogP contribution < -0.4 is 4.74 Å². The Morgan fingerprint density at radius 3 is 2.79 bits per heavy atom. The van der Waals surface area contributed by atoms with E-state index in [9.17, 15) is 0 Å². The maximum absolute atomic E-state index is 5.42. The summed E-state index contributed by atoms with van der Waals surface area (Å²) in [6.45, 7) is 0. The van der Waals surface area contributed by atoms with Gasteiger partial charge in [0.2, 0.25) is 0 Å². The lowest BCUT2D eigenvalue weighted by atomic mass is 10.2. The predicted molar refractivity (Wildman–Crippen MR) is 87.7 cm³/mol. The molecule has 1 heterocycles. The zero-order valence-corrected chi connectivity index (χ0v) is 13.2. The number of imidazole rings is 1. The lowest BCUT2D eigenvalue weighted by molar-refractivity contribution is 0.415. The summed E-state index contributed by atoms with van der Waals surface area (Å²) in [5, 5.41) is 0. The molecule has 0 unspecified atom stereocenters. The molecule has 0 atom stereocenters. The number of fused-ring (bicyclic) bond motifs is 1. The summed E-state index contributed by atoms with van der Waals surface area (Å²) in [7, 11) is 1.66. The van der Waals surface area contributed by atoms with Gasteiger partial charge < -0.3 is 9.72 Å². The fourth-order valence-corrected chi connectivity index (χ4v) is 2.93. The molecule has 0 spiro atoms. The number of halogens is 1. The Labute approximate surface area is 129 Å².